The highest BCUT2D eigenvalue weighted by molar-refractivity contribution is 6.30. The molecule has 0 saturated heterocycles. The fraction of sp³-hybridized carbons (Fsp3) is 0.520. The molecule has 0 N–H and O–H groups in total. The van der Waals surface area contributed by atoms with Gasteiger partial charge in [-0.15, -0.1) is 0 Å². The van der Waals surface area contributed by atoms with Gasteiger partial charge in [-0.3, -0.25) is 0 Å². The SMILES string of the molecule is CC1(C)[C@H]2CCC(C[N+](C)(C)Cc3ccc(-c4cccc(Cl)c4)cc3)[C@@H]1C2. The lowest BCUT2D eigenvalue weighted by Crippen LogP contribution is -2.56. The second-order valence-corrected chi connectivity index (χ2v) is 10.6. The standard InChI is InChI=1S/C25H33ClN/c1-25(2)22-13-12-21(24(25)15-22)17-27(3,4)16-18-8-10-19(11-9-18)20-6-5-7-23(26)14-20/h5-11,14,21-22,24H,12-13,15-17H2,1-4H3/q+1/t21?,22-,24-/m0/s1. The van der Waals surface area contributed by atoms with Crippen LogP contribution in [0.3, 0.4) is 0 Å². The van der Waals surface area contributed by atoms with Gasteiger partial charge in [0.15, 0.2) is 0 Å². The summed E-state index contributed by atoms with van der Waals surface area (Å²) < 4.78 is 1.08. The molecule has 2 heteroatoms. The lowest BCUT2D eigenvalue weighted by Gasteiger charge is -2.60. The van der Waals surface area contributed by atoms with E-state index in [0.717, 1.165) is 33.8 Å². The summed E-state index contributed by atoms with van der Waals surface area (Å²) in [5.41, 5.74) is 4.43. The molecule has 2 aromatic rings. The third-order valence-corrected chi connectivity index (χ3v) is 7.69. The van der Waals surface area contributed by atoms with Gasteiger partial charge < -0.3 is 4.48 Å². The van der Waals surface area contributed by atoms with Gasteiger partial charge in [-0.25, -0.2) is 0 Å². The Bertz CT molecular complexity index is 803. The highest BCUT2D eigenvalue weighted by Crippen LogP contribution is 2.61. The minimum Gasteiger partial charge on any atom is -0.324 e. The Morgan fingerprint density at radius 2 is 1.74 bits per heavy atom. The van der Waals surface area contributed by atoms with Crippen LogP contribution in [0.15, 0.2) is 48.5 Å². The van der Waals surface area contributed by atoms with Gasteiger partial charge in [-0.1, -0.05) is 61.8 Å². The first-order valence-electron chi connectivity index (χ1n) is 10.4. The molecular formula is C25H33ClN+. The van der Waals surface area contributed by atoms with Crippen molar-refractivity contribution in [3.05, 3.63) is 59.1 Å². The first-order valence-corrected chi connectivity index (χ1v) is 10.8. The van der Waals surface area contributed by atoms with Crippen LogP contribution in [0.2, 0.25) is 5.02 Å². The first-order chi connectivity index (χ1) is 12.7. The molecule has 0 radical (unpaired) electrons. The molecule has 0 aromatic heterocycles. The Morgan fingerprint density at radius 3 is 2.37 bits per heavy atom. The van der Waals surface area contributed by atoms with Gasteiger partial charge in [0, 0.05) is 16.5 Å². The summed E-state index contributed by atoms with van der Waals surface area (Å²) in [6.07, 6.45) is 4.36. The van der Waals surface area contributed by atoms with Crippen LogP contribution in [0.4, 0.5) is 0 Å². The van der Waals surface area contributed by atoms with Crippen LogP contribution in [0.25, 0.3) is 11.1 Å². The molecule has 1 nitrogen and oxygen atoms in total. The Morgan fingerprint density at radius 1 is 1.00 bits per heavy atom. The molecule has 0 amide bonds. The number of hydrogen-bond donors (Lipinski definition) is 0. The van der Waals surface area contributed by atoms with E-state index in [1.54, 1.807) is 0 Å². The van der Waals surface area contributed by atoms with Crippen molar-refractivity contribution in [3.63, 3.8) is 0 Å². The molecule has 3 atom stereocenters. The summed E-state index contributed by atoms with van der Waals surface area (Å²) in [6.45, 7) is 7.42. The van der Waals surface area contributed by atoms with Gasteiger partial charge in [0.25, 0.3) is 0 Å². The number of rotatable bonds is 5. The minimum absolute atomic E-state index is 0.585. The zero-order chi connectivity index (χ0) is 19.2. The van der Waals surface area contributed by atoms with Crippen LogP contribution >= 0.6 is 11.6 Å². The van der Waals surface area contributed by atoms with Gasteiger partial charge >= 0.3 is 0 Å². The monoisotopic (exact) mass is 382 g/mol. The molecule has 3 fully saturated rings. The maximum absolute atomic E-state index is 6.14. The molecule has 3 aliphatic carbocycles. The molecular weight excluding hydrogens is 350 g/mol. The average Bonchev–Trinajstić information content (AvgIpc) is 2.61. The van der Waals surface area contributed by atoms with E-state index in [0.29, 0.717) is 5.41 Å². The smallest absolute Gasteiger partial charge is 0.104 e. The Hall–Kier alpha value is -1.31. The lowest BCUT2D eigenvalue weighted by atomic mass is 9.45. The molecule has 0 aliphatic heterocycles. The van der Waals surface area contributed by atoms with Gasteiger partial charge in [0.05, 0.1) is 20.6 Å². The number of halogens is 1. The van der Waals surface area contributed by atoms with Crippen molar-refractivity contribution in [1.82, 2.24) is 0 Å². The second-order valence-electron chi connectivity index (χ2n) is 10.2. The maximum atomic E-state index is 6.14. The van der Waals surface area contributed by atoms with Crippen molar-refractivity contribution < 1.29 is 4.48 Å². The largest absolute Gasteiger partial charge is 0.324 e. The van der Waals surface area contributed by atoms with E-state index in [2.05, 4.69) is 58.3 Å². The van der Waals surface area contributed by atoms with Gasteiger partial charge in [0.1, 0.15) is 6.54 Å². The molecule has 0 spiro atoms. The summed E-state index contributed by atoms with van der Waals surface area (Å²) in [7, 11) is 4.81. The lowest BCUT2D eigenvalue weighted by molar-refractivity contribution is -0.908. The quantitative estimate of drug-likeness (QED) is 0.507. The van der Waals surface area contributed by atoms with Crippen molar-refractivity contribution in [2.45, 2.75) is 39.7 Å². The number of fused-ring (bicyclic) bond motifs is 2. The predicted octanol–water partition coefficient (Wildman–Crippen LogP) is 6.66. The number of nitrogens with zero attached hydrogens (tertiary/aromatic N) is 1. The fourth-order valence-electron chi connectivity index (χ4n) is 5.85. The number of benzene rings is 2. The predicted molar refractivity (Wildman–Crippen MR) is 116 cm³/mol. The first kappa shape index (κ1) is 19.0. The fourth-order valence-corrected chi connectivity index (χ4v) is 6.04. The van der Waals surface area contributed by atoms with E-state index >= 15 is 0 Å². The summed E-state index contributed by atoms with van der Waals surface area (Å²) in [5.74, 6) is 2.83. The third-order valence-electron chi connectivity index (χ3n) is 7.45. The Balaban J connectivity index is 1.42. The van der Waals surface area contributed by atoms with Crippen molar-refractivity contribution in [2.24, 2.45) is 23.2 Å². The molecule has 1 unspecified atom stereocenters. The number of quaternary nitrogens is 1. The van der Waals surface area contributed by atoms with Crippen LogP contribution in [-0.4, -0.2) is 25.1 Å². The normalized spacial score (nSPS) is 26.5. The molecule has 2 aromatic carbocycles. The van der Waals surface area contributed by atoms with Crippen molar-refractivity contribution in [2.75, 3.05) is 20.6 Å². The van der Waals surface area contributed by atoms with Crippen molar-refractivity contribution >= 4 is 11.6 Å². The summed E-state index contributed by atoms with van der Waals surface area (Å²) in [4.78, 5) is 0. The summed E-state index contributed by atoms with van der Waals surface area (Å²) >= 11 is 6.14. The van der Waals surface area contributed by atoms with Gasteiger partial charge in [-0.05, 0) is 59.8 Å². The third kappa shape index (κ3) is 3.82. The van der Waals surface area contributed by atoms with Crippen LogP contribution in [0, 0.1) is 23.2 Å². The van der Waals surface area contributed by atoms with Crippen LogP contribution in [0.5, 0.6) is 0 Å². The van der Waals surface area contributed by atoms with Crippen molar-refractivity contribution in [1.29, 1.82) is 0 Å². The van der Waals surface area contributed by atoms with Crippen molar-refractivity contribution in [3.8, 4) is 11.1 Å². The molecule has 27 heavy (non-hydrogen) atoms. The molecule has 3 saturated carbocycles. The second kappa shape index (κ2) is 6.94. The molecule has 5 rings (SSSR count). The van der Waals surface area contributed by atoms with Gasteiger partial charge in [0.2, 0.25) is 0 Å². The summed E-state index contributed by atoms with van der Waals surface area (Å²) in [5, 5.41) is 0.794. The zero-order valence-electron chi connectivity index (χ0n) is 17.2. The highest BCUT2D eigenvalue weighted by Gasteiger charge is 2.55. The minimum atomic E-state index is 0.585. The molecule has 144 valence electrons. The Labute approximate surface area is 169 Å². The van der Waals surface area contributed by atoms with E-state index in [-0.39, 0.29) is 0 Å². The van der Waals surface area contributed by atoms with Gasteiger partial charge in [-0.2, -0.15) is 0 Å². The van der Waals surface area contributed by atoms with Crippen LogP contribution < -0.4 is 0 Å². The van der Waals surface area contributed by atoms with Crippen LogP contribution in [-0.2, 0) is 6.54 Å². The Kier molecular flexibility index (Phi) is 4.89. The zero-order valence-corrected chi connectivity index (χ0v) is 18.0. The molecule has 0 heterocycles. The van der Waals surface area contributed by atoms with Crippen LogP contribution in [0.1, 0.15) is 38.7 Å². The molecule has 3 aliphatic rings. The topological polar surface area (TPSA) is 0 Å². The van der Waals surface area contributed by atoms with E-state index in [1.807, 2.05) is 18.2 Å². The van der Waals surface area contributed by atoms with E-state index in [9.17, 15) is 0 Å². The number of hydrogen-bond acceptors (Lipinski definition) is 0. The average molecular weight is 383 g/mol. The summed E-state index contributed by atoms with van der Waals surface area (Å²) in [6, 6.07) is 17.2. The van der Waals surface area contributed by atoms with E-state index in [1.165, 1.54) is 42.5 Å². The highest BCUT2D eigenvalue weighted by atomic mass is 35.5. The van der Waals surface area contributed by atoms with E-state index < -0.39 is 0 Å². The van der Waals surface area contributed by atoms with E-state index in [4.69, 9.17) is 11.6 Å². The maximum Gasteiger partial charge on any atom is 0.104 e. The molecule has 2 bridgehead atoms.